The fourth-order valence-corrected chi connectivity index (χ4v) is 2.02. The maximum atomic E-state index is 3.35. The first kappa shape index (κ1) is 15.0. The molecule has 0 fully saturated rings. The zero-order valence-corrected chi connectivity index (χ0v) is 12.4. The lowest BCUT2D eigenvalue weighted by atomic mass is 10.1. The molecule has 0 aliphatic rings. The summed E-state index contributed by atoms with van der Waals surface area (Å²) < 4.78 is 0. The van der Waals surface area contributed by atoms with E-state index in [-0.39, 0.29) is 0 Å². The van der Waals surface area contributed by atoms with Gasteiger partial charge in [0.25, 0.3) is 0 Å². The molecule has 0 amide bonds. The van der Waals surface area contributed by atoms with Crippen molar-refractivity contribution in [3.63, 3.8) is 0 Å². The topological polar surface area (TPSA) is 15.3 Å². The van der Waals surface area contributed by atoms with Crippen LogP contribution in [-0.2, 0) is 6.54 Å². The van der Waals surface area contributed by atoms with Crippen LogP contribution in [-0.4, -0.2) is 19.6 Å². The van der Waals surface area contributed by atoms with Crippen molar-refractivity contribution in [1.29, 1.82) is 0 Å². The Balaban J connectivity index is 2.63. The van der Waals surface area contributed by atoms with Gasteiger partial charge >= 0.3 is 0 Å². The maximum absolute atomic E-state index is 3.35. The van der Waals surface area contributed by atoms with Crippen LogP contribution in [0.15, 0.2) is 24.3 Å². The summed E-state index contributed by atoms with van der Waals surface area (Å²) >= 11 is 0. The average Bonchev–Trinajstić information content (AvgIpc) is 2.42. The highest BCUT2D eigenvalue weighted by atomic mass is 15.1. The Morgan fingerprint density at radius 1 is 1.11 bits per heavy atom. The molecule has 0 aromatic heterocycles. The van der Waals surface area contributed by atoms with E-state index in [1.807, 2.05) is 0 Å². The molecule has 0 aliphatic heterocycles. The van der Waals surface area contributed by atoms with E-state index in [4.69, 9.17) is 0 Å². The number of nitrogens with one attached hydrogen (secondary N) is 1. The summed E-state index contributed by atoms with van der Waals surface area (Å²) in [5, 5.41) is 3.35. The van der Waals surface area contributed by atoms with Crippen LogP contribution < -0.4 is 10.2 Å². The molecule has 0 bridgehead atoms. The Bertz CT molecular complexity index is 318. The lowest BCUT2D eigenvalue weighted by molar-refractivity contribution is 0.548. The van der Waals surface area contributed by atoms with Crippen LogP contribution in [0.2, 0.25) is 0 Å². The lowest BCUT2D eigenvalue weighted by Crippen LogP contribution is -2.28. The third-order valence-electron chi connectivity index (χ3n) is 3.49. The summed E-state index contributed by atoms with van der Waals surface area (Å²) in [6.45, 7) is 13.2. The third kappa shape index (κ3) is 4.69. The van der Waals surface area contributed by atoms with Gasteiger partial charge in [-0.15, -0.1) is 0 Å². The van der Waals surface area contributed by atoms with Gasteiger partial charge in [0.05, 0.1) is 0 Å². The number of anilines is 1. The zero-order valence-electron chi connectivity index (χ0n) is 12.4. The van der Waals surface area contributed by atoms with E-state index in [2.05, 4.69) is 62.2 Å². The summed E-state index contributed by atoms with van der Waals surface area (Å²) in [7, 11) is 0. The minimum atomic E-state index is 0.756. The van der Waals surface area contributed by atoms with Crippen LogP contribution in [0, 0.1) is 5.92 Å². The van der Waals surface area contributed by atoms with Gasteiger partial charge in [0.15, 0.2) is 0 Å². The monoisotopic (exact) mass is 248 g/mol. The smallest absolute Gasteiger partial charge is 0.0366 e. The van der Waals surface area contributed by atoms with Crippen molar-refractivity contribution in [1.82, 2.24) is 5.32 Å². The largest absolute Gasteiger partial charge is 0.372 e. The first-order chi connectivity index (χ1) is 8.71. The summed E-state index contributed by atoms with van der Waals surface area (Å²) in [6.07, 6.45) is 1.25. The van der Waals surface area contributed by atoms with Gasteiger partial charge in [-0.05, 0) is 37.1 Å². The lowest BCUT2D eigenvalue weighted by Gasteiger charge is -2.26. The van der Waals surface area contributed by atoms with Gasteiger partial charge in [-0.2, -0.15) is 0 Å². The second-order valence-corrected chi connectivity index (χ2v) is 5.00. The molecule has 1 unspecified atom stereocenters. The molecule has 1 aromatic carbocycles. The zero-order chi connectivity index (χ0) is 13.4. The standard InChI is InChI=1S/C16H28N2/c1-5-14(4)13-18(7-3)16-10-8-15(9-11-16)12-17-6-2/h8-11,14,17H,5-7,12-13H2,1-4H3. The van der Waals surface area contributed by atoms with Crippen molar-refractivity contribution >= 4 is 5.69 Å². The third-order valence-corrected chi connectivity index (χ3v) is 3.49. The molecule has 1 rings (SSSR count). The first-order valence-corrected chi connectivity index (χ1v) is 7.25. The van der Waals surface area contributed by atoms with Crippen molar-refractivity contribution in [3.8, 4) is 0 Å². The van der Waals surface area contributed by atoms with E-state index in [1.165, 1.54) is 17.7 Å². The molecule has 1 aromatic rings. The van der Waals surface area contributed by atoms with E-state index in [9.17, 15) is 0 Å². The molecule has 0 aliphatic carbocycles. The van der Waals surface area contributed by atoms with E-state index in [0.717, 1.165) is 32.1 Å². The molecule has 2 heteroatoms. The summed E-state index contributed by atoms with van der Waals surface area (Å²) in [6, 6.07) is 8.96. The van der Waals surface area contributed by atoms with Gasteiger partial charge in [0.1, 0.15) is 0 Å². The molecule has 2 nitrogen and oxygen atoms in total. The Morgan fingerprint density at radius 2 is 1.78 bits per heavy atom. The molecule has 0 saturated carbocycles. The molecule has 102 valence electrons. The van der Waals surface area contributed by atoms with Gasteiger partial charge in [-0.25, -0.2) is 0 Å². The second-order valence-electron chi connectivity index (χ2n) is 5.00. The van der Waals surface area contributed by atoms with E-state index >= 15 is 0 Å². The fraction of sp³-hybridized carbons (Fsp3) is 0.625. The van der Waals surface area contributed by atoms with Gasteiger partial charge in [-0.3, -0.25) is 0 Å². The van der Waals surface area contributed by atoms with Crippen LogP contribution in [0.25, 0.3) is 0 Å². The highest BCUT2D eigenvalue weighted by Crippen LogP contribution is 2.17. The quantitative estimate of drug-likeness (QED) is 0.755. The summed E-state index contributed by atoms with van der Waals surface area (Å²) in [5.74, 6) is 0.756. The van der Waals surface area contributed by atoms with E-state index in [0.29, 0.717) is 0 Å². The van der Waals surface area contributed by atoms with Crippen molar-refractivity contribution in [3.05, 3.63) is 29.8 Å². The predicted molar refractivity (Wildman–Crippen MR) is 81.2 cm³/mol. The summed E-state index contributed by atoms with van der Waals surface area (Å²) in [5.41, 5.74) is 2.71. The highest BCUT2D eigenvalue weighted by molar-refractivity contribution is 5.47. The van der Waals surface area contributed by atoms with Crippen LogP contribution in [0.3, 0.4) is 0 Å². The minimum Gasteiger partial charge on any atom is -0.372 e. The van der Waals surface area contributed by atoms with E-state index < -0.39 is 0 Å². The molecule has 0 saturated heterocycles. The van der Waals surface area contributed by atoms with E-state index in [1.54, 1.807) is 0 Å². The predicted octanol–water partition coefficient (Wildman–Crippen LogP) is 3.67. The highest BCUT2D eigenvalue weighted by Gasteiger charge is 2.08. The Hall–Kier alpha value is -1.02. The van der Waals surface area contributed by atoms with Crippen molar-refractivity contribution < 1.29 is 0 Å². The average molecular weight is 248 g/mol. The number of hydrogen-bond acceptors (Lipinski definition) is 2. The number of hydrogen-bond donors (Lipinski definition) is 1. The van der Waals surface area contributed by atoms with Crippen LogP contribution in [0.5, 0.6) is 0 Å². The van der Waals surface area contributed by atoms with Crippen LogP contribution in [0.4, 0.5) is 5.69 Å². The summed E-state index contributed by atoms with van der Waals surface area (Å²) in [4.78, 5) is 2.46. The Labute approximate surface area is 112 Å². The van der Waals surface area contributed by atoms with Gasteiger partial charge in [0.2, 0.25) is 0 Å². The molecular weight excluding hydrogens is 220 g/mol. The number of benzene rings is 1. The first-order valence-electron chi connectivity index (χ1n) is 7.25. The van der Waals surface area contributed by atoms with Crippen molar-refractivity contribution in [2.24, 2.45) is 5.92 Å². The van der Waals surface area contributed by atoms with Crippen LogP contribution in [0.1, 0.15) is 39.7 Å². The maximum Gasteiger partial charge on any atom is 0.0366 e. The van der Waals surface area contributed by atoms with Gasteiger partial charge in [0, 0.05) is 25.3 Å². The molecular formula is C16H28N2. The number of nitrogens with zero attached hydrogens (tertiary/aromatic N) is 1. The van der Waals surface area contributed by atoms with Crippen LogP contribution >= 0.6 is 0 Å². The Kier molecular flexibility index (Phi) is 6.81. The number of rotatable bonds is 8. The van der Waals surface area contributed by atoms with Gasteiger partial charge in [-0.1, -0.05) is 39.3 Å². The normalized spacial score (nSPS) is 12.4. The van der Waals surface area contributed by atoms with Crippen molar-refractivity contribution in [2.75, 3.05) is 24.5 Å². The Morgan fingerprint density at radius 3 is 2.28 bits per heavy atom. The molecule has 1 atom stereocenters. The molecule has 0 spiro atoms. The SMILES string of the molecule is CCNCc1ccc(N(CC)CC(C)CC)cc1. The van der Waals surface area contributed by atoms with Crippen molar-refractivity contribution in [2.45, 2.75) is 40.7 Å². The second kappa shape index (κ2) is 8.15. The minimum absolute atomic E-state index is 0.756. The van der Waals surface area contributed by atoms with Gasteiger partial charge < -0.3 is 10.2 Å². The molecule has 18 heavy (non-hydrogen) atoms. The molecule has 1 N–H and O–H groups in total. The fourth-order valence-electron chi connectivity index (χ4n) is 2.02. The molecule has 0 heterocycles. The molecule has 0 radical (unpaired) electrons.